The number of nitrogens with one attached hydrogen (secondary N) is 1. The molecule has 166 valence electrons. The predicted octanol–water partition coefficient (Wildman–Crippen LogP) is 4.61. The van der Waals surface area contributed by atoms with Gasteiger partial charge in [0.1, 0.15) is 6.54 Å². The standard InChI is InChI=1S/C24H24ClN3O3S/c1-17-8-12-22(13-9-17)32(30,31)28(21-11-10-18(2)19(3)14-21)16-24(29)27-26-15-20-6-4-5-7-23(20)25/h4-15H,16H2,1-3H3,(H,27,29)/b26-15-. The first kappa shape index (κ1) is 23.5. The lowest BCUT2D eigenvalue weighted by molar-refractivity contribution is -0.119. The molecule has 0 aliphatic rings. The molecule has 3 aromatic carbocycles. The fourth-order valence-corrected chi connectivity index (χ4v) is 4.55. The molecule has 0 spiro atoms. The Morgan fingerprint density at radius 1 is 1.00 bits per heavy atom. The largest absolute Gasteiger partial charge is 0.271 e. The third-order valence-corrected chi connectivity index (χ3v) is 7.11. The van der Waals surface area contributed by atoms with Crippen LogP contribution in [0, 0.1) is 20.8 Å². The molecular weight excluding hydrogens is 446 g/mol. The summed E-state index contributed by atoms with van der Waals surface area (Å²) in [5.41, 5.74) is 6.30. The van der Waals surface area contributed by atoms with E-state index in [1.807, 2.05) is 26.8 Å². The second-order valence-corrected chi connectivity index (χ2v) is 9.68. The van der Waals surface area contributed by atoms with Crippen molar-refractivity contribution in [1.82, 2.24) is 5.43 Å². The van der Waals surface area contributed by atoms with Crippen molar-refractivity contribution in [3.63, 3.8) is 0 Å². The number of anilines is 1. The molecule has 0 heterocycles. The van der Waals surface area contributed by atoms with E-state index in [0.717, 1.165) is 21.0 Å². The first-order valence-electron chi connectivity index (χ1n) is 9.91. The summed E-state index contributed by atoms with van der Waals surface area (Å²) in [5, 5.41) is 4.41. The molecule has 3 rings (SSSR count). The molecule has 8 heteroatoms. The third kappa shape index (κ3) is 5.55. The molecule has 0 aliphatic heterocycles. The molecule has 1 N–H and O–H groups in total. The van der Waals surface area contributed by atoms with Gasteiger partial charge in [-0.15, -0.1) is 0 Å². The van der Waals surface area contributed by atoms with Crippen LogP contribution in [0.3, 0.4) is 0 Å². The second kappa shape index (κ2) is 9.97. The SMILES string of the molecule is Cc1ccc(S(=O)(=O)N(CC(=O)N/N=C\c2ccccc2Cl)c2ccc(C)c(C)c2)cc1. The Hall–Kier alpha value is -3.16. The smallest absolute Gasteiger partial charge is 0.264 e. The monoisotopic (exact) mass is 469 g/mol. The van der Waals surface area contributed by atoms with Gasteiger partial charge in [0.15, 0.2) is 0 Å². The molecule has 32 heavy (non-hydrogen) atoms. The minimum atomic E-state index is -3.98. The Labute approximate surface area is 193 Å². The third-order valence-electron chi connectivity index (χ3n) is 4.97. The van der Waals surface area contributed by atoms with Crippen LogP contribution in [0.1, 0.15) is 22.3 Å². The number of sulfonamides is 1. The number of hydrogen-bond donors (Lipinski definition) is 1. The van der Waals surface area contributed by atoms with Gasteiger partial charge in [-0.25, -0.2) is 13.8 Å². The summed E-state index contributed by atoms with van der Waals surface area (Å²) in [4.78, 5) is 12.7. The molecule has 0 aliphatic carbocycles. The molecule has 3 aromatic rings. The van der Waals surface area contributed by atoms with Crippen molar-refractivity contribution in [2.24, 2.45) is 5.10 Å². The number of aryl methyl sites for hydroxylation is 3. The van der Waals surface area contributed by atoms with Crippen LogP contribution in [0.4, 0.5) is 5.69 Å². The lowest BCUT2D eigenvalue weighted by Crippen LogP contribution is -2.39. The van der Waals surface area contributed by atoms with E-state index >= 15 is 0 Å². The highest BCUT2D eigenvalue weighted by Gasteiger charge is 2.27. The van der Waals surface area contributed by atoms with Gasteiger partial charge < -0.3 is 0 Å². The zero-order chi connectivity index (χ0) is 23.3. The van der Waals surface area contributed by atoms with Gasteiger partial charge in [-0.2, -0.15) is 5.10 Å². The van der Waals surface area contributed by atoms with Crippen LogP contribution in [0.15, 0.2) is 76.7 Å². The summed E-state index contributed by atoms with van der Waals surface area (Å²) >= 11 is 6.08. The van der Waals surface area contributed by atoms with Crippen LogP contribution in [-0.4, -0.2) is 27.1 Å². The van der Waals surface area contributed by atoms with Crippen LogP contribution in [0.5, 0.6) is 0 Å². The Morgan fingerprint density at radius 2 is 1.69 bits per heavy atom. The highest BCUT2D eigenvalue weighted by Crippen LogP contribution is 2.26. The average molecular weight is 470 g/mol. The minimum absolute atomic E-state index is 0.105. The quantitative estimate of drug-likeness (QED) is 0.405. The van der Waals surface area contributed by atoms with E-state index in [2.05, 4.69) is 10.5 Å². The van der Waals surface area contributed by atoms with Crippen molar-refractivity contribution < 1.29 is 13.2 Å². The molecule has 0 atom stereocenters. The van der Waals surface area contributed by atoms with Gasteiger partial charge in [0.2, 0.25) is 0 Å². The van der Waals surface area contributed by atoms with Crippen molar-refractivity contribution in [1.29, 1.82) is 0 Å². The number of carbonyl (C=O) groups is 1. The van der Waals surface area contributed by atoms with Gasteiger partial charge in [0, 0.05) is 10.6 Å². The molecule has 0 radical (unpaired) electrons. The molecule has 0 unspecified atom stereocenters. The molecule has 0 saturated heterocycles. The Balaban J connectivity index is 1.88. The summed E-state index contributed by atoms with van der Waals surface area (Å²) in [6.45, 7) is 5.28. The van der Waals surface area contributed by atoms with Crippen LogP contribution in [0.2, 0.25) is 5.02 Å². The van der Waals surface area contributed by atoms with Crippen LogP contribution >= 0.6 is 11.6 Å². The zero-order valence-corrected chi connectivity index (χ0v) is 19.6. The van der Waals surface area contributed by atoms with Gasteiger partial charge in [0.25, 0.3) is 15.9 Å². The average Bonchev–Trinajstić information content (AvgIpc) is 2.75. The predicted molar refractivity (Wildman–Crippen MR) is 129 cm³/mol. The number of nitrogens with zero attached hydrogens (tertiary/aromatic N) is 2. The fraction of sp³-hybridized carbons (Fsp3) is 0.167. The van der Waals surface area contributed by atoms with Crippen molar-refractivity contribution in [2.45, 2.75) is 25.7 Å². The normalized spacial score (nSPS) is 11.5. The molecule has 0 aromatic heterocycles. The maximum Gasteiger partial charge on any atom is 0.264 e. The van der Waals surface area contributed by atoms with Gasteiger partial charge in [-0.05, 0) is 62.2 Å². The van der Waals surface area contributed by atoms with Crippen LogP contribution < -0.4 is 9.73 Å². The van der Waals surface area contributed by atoms with E-state index in [9.17, 15) is 13.2 Å². The summed E-state index contributed by atoms with van der Waals surface area (Å²) in [6, 6.07) is 18.8. The number of carbonyl (C=O) groups excluding carboxylic acids is 1. The summed E-state index contributed by atoms with van der Waals surface area (Å²) < 4.78 is 27.9. The maximum absolute atomic E-state index is 13.4. The van der Waals surface area contributed by atoms with E-state index in [-0.39, 0.29) is 4.90 Å². The summed E-state index contributed by atoms with van der Waals surface area (Å²) in [5.74, 6) is -0.581. The van der Waals surface area contributed by atoms with E-state index < -0.39 is 22.5 Å². The number of halogens is 1. The molecule has 0 saturated carbocycles. The number of benzene rings is 3. The van der Waals surface area contributed by atoms with Crippen LogP contribution in [0.25, 0.3) is 0 Å². The van der Waals surface area contributed by atoms with Crippen LogP contribution in [-0.2, 0) is 14.8 Å². The van der Waals surface area contributed by atoms with Crippen molar-refractivity contribution in [3.8, 4) is 0 Å². The molecule has 0 fully saturated rings. The van der Waals surface area contributed by atoms with E-state index in [4.69, 9.17) is 11.6 Å². The first-order chi connectivity index (χ1) is 15.2. The lowest BCUT2D eigenvalue weighted by atomic mass is 10.1. The Morgan fingerprint density at radius 3 is 2.34 bits per heavy atom. The lowest BCUT2D eigenvalue weighted by Gasteiger charge is -2.24. The number of amides is 1. The minimum Gasteiger partial charge on any atom is -0.271 e. The second-order valence-electron chi connectivity index (χ2n) is 7.41. The fourth-order valence-electron chi connectivity index (χ4n) is 2.95. The topological polar surface area (TPSA) is 78.8 Å². The molecule has 1 amide bonds. The van der Waals surface area contributed by atoms with Gasteiger partial charge in [-0.3, -0.25) is 9.10 Å². The van der Waals surface area contributed by atoms with E-state index in [0.29, 0.717) is 16.3 Å². The van der Waals surface area contributed by atoms with Gasteiger partial charge >= 0.3 is 0 Å². The van der Waals surface area contributed by atoms with Gasteiger partial charge in [-0.1, -0.05) is 53.6 Å². The van der Waals surface area contributed by atoms with Crippen molar-refractivity contribution >= 4 is 39.4 Å². The Kier molecular flexibility index (Phi) is 7.33. The molecule has 6 nitrogen and oxygen atoms in total. The zero-order valence-electron chi connectivity index (χ0n) is 18.0. The highest BCUT2D eigenvalue weighted by atomic mass is 35.5. The first-order valence-corrected chi connectivity index (χ1v) is 11.7. The van der Waals surface area contributed by atoms with Crippen molar-refractivity contribution in [2.75, 3.05) is 10.8 Å². The number of hydrazone groups is 1. The summed E-state index contributed by atoms with van der Waals surface area (Å²) in [7, 11) is -3.98. The highest BCUT2D eigenvalue weighted by molar-refractivity contribution is 7.92. The van der Waals surface area contributed by atoms with Crippen molar-refractivity contribution in [3.05, 3.63) is 94.0 Å². The van der Waals surface area contributed by atoms with E-state index in [1.54, 1.807) is 48.5 Å². The molecule has 0 bridgehead atoms. The van der Waals surface area contributed by atoms with E-state index in [1.165, 1.54) is 18.3 Å². The number of rotatable bonds is 7. The number of hydrogen-bond acceptors (Lipinski definition) is 4. The molecular formula is C24H24ClN3O3S. The van der Waals surface area contributed by atoms with Gasteiger partial charge in [0.05, 0.1) is 16.8 Å². The maximum atomic E-state index is 13.4. The summed E-state index contributed by atoms with van der Waals surface area (Å²) in [6.07, 6.45) is 1.41. The Bertz CT molecular complexity index is 1260.